The van der Waals surface area contributed by atoms with Crippen LogP contribution in [0.25, 0.3) is 0 Å². The van der Waals surface area contributed by atoms with Gasteiger partial charge in [0.05, 0.1) is 18.8 Å². The summed E-state index contributed by atoms with van der Waals surface area (Å²) in [5.41, 5.74) is 1.66. The van der Waals surface area contributed by atoms with Crippen molar-refractivity contribution in [3.63, 3.8) is 0 Å². The summed E-state index contributed by atoms with van der Waals surface area (Å²) in [6.45, 7) is 6.54. The number of aromatic nitrogens is 2. The molecule has 2 aromatic heterocycles. The van der Waals surface area contributed by atoms with Crippen molar-refractivity contribution in [3.05, 3.63) is 54.0 Å². The van der Waals surface area contributed by atoms with Gasteiger partial charge in [0, 0.05) is 44.8 Å². The monoisotopic (exact) mass is 354 g/mol. The lowest BCUT2D eigenvalue weighted by atomic mass is 10.2. The van der Waals surface area contributed by atoms with Crippen LogP contribution in [0.3, 0.4) is 0 Å². The fourth-order valence-corrected chi connectivity index (χ4v) is 2.99. The van der Waals surface area contributed by atoms with Crippen molar-refractivity contribution in [1.82, 2.24) is 14.9 Å². The summed E-state index contributed by atoms with van der Waals surface area (Å²) in [5, 5.41) is 0. The Hall–Kier alpha value is -2.47. The molecule has 0 saturated carbocycles. The number of carbonyl (C=O) groups is 1. The summed E-state index contributed by atoms with van der Waals surface area (Å²) in [6, 6.07) is 7.71. The SMILES string of the molecule is CCCCN(Cc1cccnc1)C(=O)c1ccc(N2CCOCC2)nc1. The molecule has 1 amide bonds. The summed E-state index contributed by atoms with van der Waals surface area (Å²) in [4.78, 5) is 25.7. The molecule has 0 radical (unpaired) electrons. The van der Waals surface area contributed by atoms with E-state index in [1.54, 1.807) is 12.4 Å². The maximum Gasteiger partial charge on any atom is 0.255 e. The van der Waals surface area contributed by atoms with Gasteiger partial charge in [0.25, 0.3) is 5.91 Å². The van der Waals surface area contributed by atoms with E-state index in [2.05, 4.69) is 21.8 Å². The molecule has 0 aliphatic carbocycles. The van der Waals surface area contributed by atoms with Crippen LogP contribution in [0.5, 0.6) is 0 Å². The van der Waals surface area contributed by atoms with Gasteiger partial charge in [-0.2, -0.15) is 0 Å². The van der Waals surface area contributed by atoms with Gasteiger partial charge in [-0.25, -0.2) is 4.98 Å². The van der Waals surface area contributed by atoms with E-state index in [1.165, 1.54) is 0 Å². The third-order valence-electron chi connectivity index (χ3n) is 4.49. The second-order valence-corrected chi connectivity index (χ2v) is 6.45. The summed E-state index contributed by atoms with van der Waals surface area (Å²) >= 11 is 0. The summed E-state index contributed by atoms with van der Waals surface area (Å²) in [5.74, 6) is 0.917. The van der Waals surface area contributed by atoms with E-state index < -0.39 is 0 Å². The highest BCUT2D eigenvalue weighted by molar-refractivity contribution is 5.94. The highest BCUT2D eigenvalue weighted by Gasteiger charge is 2.18. The van der Waals surface area contributed by atoms with Crippen LogP contribution in [0, 0.1) is 0 Å². The Bertz CT molecular complexity index is 685. The molecular formula is C20H26N4O2. The number of amides is 1. The van der Waals surface area contributed by atoms with E-state index >= 15 is 0 Å². The van der Waals surface area contributed by atoms with Crippen LogP contribution in [-0.4, -0.2) is 53.6 Å². The van der Waals surface area contributed by atoms with E-state index in [4.69, 9.17) is 4.74 Å². The molecule has 0 bridgehead atoms. The van der Waals surface area contributed by atoms with Gasteiger partial charge in [-0.15, -0.1) is 0 Å². The van der Waals surface area contributed by atoms with Gasteiger partial charge in [-0.3, -0.25) is 9.78 Å². The third kappa shape index (κ3) is 4.79. The van der Waals surface area contributed by atoms with Gasteiger partial charge < -0.3 is 14.5 Å². The Morgan fingerprint density at radius 2 is 2.08 bits per heavy atom. The van der Waals surface area contributed by atoms with Crippen molar-refractivity contribution in [2.45, 2.75) is 26.3 Å². The van der Waals surface area contributed by atoms with Crippen LogP contribution in [0.15, 0.2) is 42.9 Å². The van der Waals surface area contributed by atoms with Crippen molar-refractivity contribution in [2.24, 2.45) is 0 Å². The molecular weight excluding hydrogens is 328 g/mol. The largest absolute Gasteiger partial charge is 0.378 e. The van der Waals surface area contributed by atoms with Crippen molar-refractivity contribution >= 4 is 11.7 Å². The molecule has 2 aromatic rings. The molecule has 26 heavy (non-hydrogen) atoms. The number of ether oxygens (including phenoxy) is 1. The van der Waals surface area contributed by atoms with Crippen LogP contribution in [-0.2, 0) is 11.3 Å². The normalized spacial score (nSPS) is 14.3. The number of hydrogen-bond acceptors (Lipinski definition) is 5. The molecule has 0 unspecified atom stereocenters. The van der Waals surface area contributed by atoms with Crippen LogP contribution < -0.4 is 4.90 Å². The van der Waals surface area contributed by atoms with Crippen LogP contribution in [0.4, 0.5) is 5.82 Å². The van der Waals surface area contributed by atoms with E-state index in [-0.39, 0.29) is 5.91 Å². The molecule has 0 N–H and O–H groups in total. The van der Waals surface area contributed by atoms with E-state index in [0.717, 1.165) is 57.1 Å². The first-order valence-electron chi connectivity index (χ1n) is 9.25. The smallest absolute Gasteiger partial charge is 0.255 e. The number of morpholine rings is 1. The third-order valence-corrected chi connectivity index (χ3v) is 4.49. The zero-order chi connectivity index (χ0) is 18.2. The van der Waals surface area contributed by atoms with Gasteiger partial charge in [-0.05, 0) is 30.2 Å². The number of nitrogens with zero attached hydrogens (tertiary/aromatic N) is 4. The zero-order valence-electron chi connectivity index (χ0n) is 15.3. The topological polar surface area (TPSA) is 58.6 Å². The highest BCUT2D eigenvalue weighted by Crippen LogP contribution is 2.15. The minimum atomic E-state index is 0.0170. The van der Waals surface area contributed by atoms with Crippen molar-refractivity contribution < 1.29 is 9.53 Å². The maximum absolute atomic E-state index is 13.0. The molecule has 1 fully saturated rings. The lowest BCUT2D eigenvalue weighted by Crippen LogP contribution is -2.37. The van der Waals surface area contributed by atoms with E-state index in [0.29, 0.717) is 12.1 Å². The Balaban J connectivity index is 1.70. The average Bonchev–Trinajstić information content (AvgIpc) is 2.72. The first-order chi connectivity index (χ1) is 12.8. The Kier molecular flexibility index (Phi) is 6.55. The predicted molar refractivity (Wildman–Crippen MR) is 101 cm³/mol. The first kappa shape index (κ1) is 18.3. The Morgan fingerprint density at radius 3 is 2.73 bits per heavy atom. The lowest BCUT2D eigenvalue weighted by Gasteiger charge is -2.28. The molecule has 0 atom stereocenters. The second-order valence-electron chi connectivity index (χ2n) is 6.45. The van der Waals surface area contributed by atoms with Gasteiger partial charge in [0.15, 0.2) is 0 Å². The van der Waals surface area contributed by atoms with E-state index in [9.17, 15) is 4.79 Å². The molecule has 138 valence electrons. The van der Waals surface area contributed by atoms with Crippen molar-refractivity contribution in [2.75, 3.05) is 37.7 Å². The zero-order valence-corrected chi connectivity index (χ0v) is 15.3. The first-order valence-corrected chi connectivity index (χ1v) is 9.25. The van der Waals surface area contributed by atoms with Gasteiger partial charge >= 0.3 is 0 Å². The molecule has 1 aliphatic heterocycles. The molecule has 0 spiro atoms. The van der Waals surface area contributed by atoms with Crippen molar-refractivity contribution in [1.29, 1.82) is 0 Å². The number of unbranched alkanes of at least 4 members (excludes halogenated alkanes) is 1. The number of carbonyl (C=O) groups excluding carboxylic acids is 1. The lowest BCUT2D eigenvalue weighted by molar-refractivity contribution is 0.0740. The molecule has 6 heteroatoms. The average molecular weight is 354 g/mol. The quantitative estimate of drug-likeness (QED) is 0.765. The maximum atomic E-state index is 13.0. The highest BCUT2D eigenvalue weighted by atomic mass is 16.5. The summed E-state index contributed by atoms with van der Waals surface area (Å²) in [6.07, 6.45) is 7.27. The van der Waals surface area contributed by atoms with Gasteiger partial charge in [0.2, 0.25) is 0 Å². The van der Waals surface area contributed by atoms with E-state index in [1.807, 2.05) is 35.4 Å². The number of pyridine rings is 2. The fourth-order valence-electron chi connectivity index (χ4n) is 2.99. The Morgan fingerprint density at radius 1 is 1.23 bits per heavy atom. The summed E-state index contributed by atoms with van der Waals surface area (Å²) in [7, 11) is 0. The molecule has 3 rings (SSSR count). The summed E-state index contributed by atoms with van der Waals surface area (Å²) < 4.78 is 5.37. The van der Waals surface area contributed by atoms with Crippen LogP contribution in [0.1, 0.15) is 35.7 Å². The molecule has 3 heterocycles. The van der Waals surface area contributed by atoms with Gasteiger partial charge in [-0.1, -0.05) is 19.4 Å². The Labute approximate surface area is 154 Å². The minimum Gasteiger partial charge on any atom is -0.378 e. The molecule has 1 aliphatic rings. The standard InChI is InChI=1S/C20H26N4O2/c1-2-3-9-24(16-17-5-4-8-21-14-17)20(25)18-6-7-19(22-15-18)23-10-12-26-13-11-23/h4-8,14-15H,2-3,9-13,16H2,1H3. The number of anilines is 1. The number of hydrogen-bond donors (Lipinski definition) is 0. The fraction of sp³-hybridized carbons (Fsp3) is 0.450. The predicted octanol–water partition coefficient (Wildman–Crippen LogP) is 2.76. The van der Waals surface area contributed by atoms with Crippen LogP contribution >= 0.6 is 0 Å². The second kappa shape index (κ2) is 9.29. The molecule has 1 saturated heterocycles. The van der Waals surface area contributed by atoms with Gasteiger partial charge in [0.1, 0.15) is 5.82 Å². The minimum absolute atomic E-state index is 0.0170. The molecule has 0 aromatic carbocycles. The van der Waals surface area contributed by atoms with Crippen molar-refractivity contribution in [3.8, 4) is 0 Å². The molecule has 6 nitrogen and oxygen atoms in total. The number of rotatable bonds is 7. The van der Waals surface area contributed by atoms with Crippen LogP contribution in [0.2, 0.25) is 0 Å².